The Kier molecular flexibility index (Phi) is 7.59. The van der Waals surface area contributed by atoms with Crippen molar-refractivity contribution in [2.45, 2.75) is 59.2 Å². The molecular formula is C18H26O3. The Morgan fingerprint density at radius 2 is 1.86 bits per heavy atom. The Labute approximate surface area is 128 Å². The van der Waals surface area contributed by atoms with Crippen molar-refractivity contribution >= 4 is 5.97 Å². The van der Waals surface area contributed by atoms with Gasteiger partial charge in [0.1, 0.15) is 5.75 Å². The Morgan fingerprint density at radius 1 is 1.19 bits per heavy atom. The highest BCUT2D eigenvalue weighted by Crippen LogP contribution is 2.18. The molecule has 0 saturated carbocycles. The van der Waals surface area contributed by atoms with E-state index in [1.165, 1.54) is 5.56 Å². The lowest BCUT2D eigenvalue weighted by molar-refractivity contribution is -0.159. The minimum atomic E-state index is -0.550. The van der Waals surface area contributed by atoms with E-state index in [-0.39, 0.29) is 0 Å². The average molecular weight is 290 g/mol. The summed E-state index contributed by atoms with van der Waals surface area (Å²) in [6, 6.07) is 7.96. The van der Waals surface area contributed by atoms with Crippen molar-refractivity contribution in [3.8, 4) is 5.75 Å². The van der Waals surface area contributed by atoms with Crippen LogP contribution in [0.25, 0.3) is 0 Å². The molecule has 3 nitrogen and oxygen atoms in total. The van der Waals surface area contributed by atoms with E-state index in [0.717, 1.165) is 31.4 Å². The van der Waals surface area contributed by atoms with Crippen LogP contribution < -0.4 is 4.74 Å². The predicted octanol–water partition coefficient (Wildman–Crippen LogP) is 4.65. The maximum Gasteiger partial charge on any atom is 0.336 e. The van der Waals surface area contributed by atoms with Gasteiger partial charge in [-0.2, -0.15) is 0 Å². The van der Waals surface area contributed by atoms with Crippen molar-refractivity contribution in [2.75, 3.05) is 0 Å². The Balaban J connectivity index is 2.65. The van der Waals surface area contributed by atoms with Crippen molar-refractivity contribution in [1.82, 2.24) is 0 Å². The van der Waals surface area contributed by atoms with E-state index in [9.17, 15) is 4.79 Å². The summed E-state index contributed by atoms with van der Waals surface area (Å²) in [6.45, 7) is 9.48. The molecule has 0 aliphatic rings. The van der Waals surface area contributed by atoms with Crippen LogP contribution in [0.15, 0.2) is 36.4 Å². The zero-order valence-electron chi connectivity index (χ0n) is 13.4. The zero-order valence-corrected chi connectivity index (χ0v) is 13.4. The lowest BCUT2D eigenvalue weighted by Crippen LogP contribution is -2.24. The molecule has 1 rings (SSSR count). The first-order chi connectivity index (χ1) is 10.1. The Bertz CT molecular complexity index is 448. The smallest absolute Gasteiger partial charge is 0.336 e. The van der Waals surface area contributed by atoms with E-state index in [4.69, 9.17) is 9.47 Å². The molecule has 0 heterocycles. The molecule has 1 atom stereocenters. The molecule has 1 aromatic rings. The summed E-state index contributed by atoms with van der Waals surface area (Å²) < 4.78 is 11.1. The number of esters is 1. The van der Waals surface area contributed by atoms with Gasteiger partial charge >= 0.3 is 5.97 Å². The molecule has 0 spiro atoms. The van der Waals surface area contributed by atoms with Crippen LogP contribution in [0.2, 0.25) is 0 Å². The molecular weight excluding hydrogens is 264 g/mol. The van der Waals surface area contributed by atoms with Gasteiger partial charge in [0, 0.05) is 12.0 Å². The molecule has 0 bridgehead atoms. The van der Waals surface area contributed by atoms with Crippen molar-refractivity contribution in [3.05, 3.63) is 42.0 Å². The first-order valence-corrected chi connectivity index (χ1v) is 7.68. The van der Waals surface area contributed by atoms with Crippen LogP contribution in [0, 0.1) is 0 Å². The van der Waals surface area contributed by atoms with Gasteiger partial charge < -0.3 is 9.47 Å². The van der Waals surface area contributed by atoms with E-state index in [1.54, 1.807) is 6.92 Å². The van der Waals surface area contributed by atoms with Crippen LogP contribution in [-0.4, -0.2) is 12.3 Å². The SMILES string of the molecule is C=C(C)C(=O)OC(CCCC)Oc1ccc(CCC)cc1. The third kappa shape index (κ3) is 6.48. The van der Waals surface area contributed by atoms with Gasteiger partial charge in [0.15, 0.2) is 0 Å². The number of unbranched alkanes of at least 4 members (excludes halogenated alkanes) is 1. The molecule has 0 fully saturated rings. The molecule has 0 N–H and O–H groups in total. The Morgan fingerprint density at radius 3 is 2.38 bits per heavy atom. The fourth-order valence-corrected chi connectivity index (χ4v) is 1.91. The van der Waals surface area contributed by atoms with Crippen LogP contribution in [0.4, 0.5) is 0 Å². The highest BCUT2D eigenvalue weighted by atomic mass is 16.7. The van der Waals surface area contributed by atoms with Gasteiger partial charge in [-0.15, -0.1) is 0 Å². The molecule has 21 heavy (non-hydrogen) atoms. The second-order valence-corrected chi connectivity index (χ2v) is 5.27. The van der Waals surface area contributed by atoms with E-state index < -0.39 is 12.3 Å². The molecule has 0 amide bonds. The van der Waals surface area contributed by atoms with Gasteiger partial charge in [-0.25, -0.2) is 4.79 Å². The second kappa shape index (κ2) is 9.22. The third-order valence-electron chi connectivity index (χ3n) is 3.11. The van der Waals surface area contributed by atoms with Crippen molar-refractivity contribution in [1.29, 1.82) is 0 Å². The summed E-state index contributed by atoms with van der Waals surface area (Å²) in [5.74, 6) is 0.323. The maximum atomic E-state index is 11.6. The van der Waals surface area contributed by atoms with Crippen LogP contribution in [0.3, 0.4) is 0 Å². The molecule has 0 aliphatic carbocycles. The van der Waals surface area contributed by atoms with Gasteiger partial charge in [-0.05, 0) is 37.5 Å². The van der Waals surface area contributed by atoms with E-state index in [2.05, 4.69) is 32.6 Å². The number of ether oxygens (including phenoxy) is 2. The molecule has 3 heteroatoms. The summed E-state index contributed by atoms with van der Waals surface area (Å²) in [7, 11) is 0. The summed E-state index contributed by atoms with van der Waals surface area (Å²) in [5, 5.41) is 0. The van der Waals surface area contributed by atoms with Gasteiger partial charge in [0.25, 0.3) is 0 Å². The number of hydrogen-bond donors (Lipinski definition) is 0. The van der Waals surface area contributed by atoms with Crippen LogP contribution in [0.1, 0.15) is 52.0 Å². The number of carbonyl (C=O) groups is 1. The van der Waals surface area contributed by atoms with E-state index in [1.807, 2.05) is 12.1 Å². The van der Waals surface area contributed by atoms with Crippen molar-refractivity contribution < 1.29 is 14.3 Å². The molecule has 1 unspecified atom stereocenters. The number of aryl methyl sites for hydroxylation is 1. The van der Waals surface area contributed by atoms with Gasteiger partial charge in [-0.1, -0.05) is 45.4 Å². The molecule has 0 aromatic heterocycles. The molecule has 0 saturated heterocycles. The van der Waals surface area contributed by atoms with Gasteiger partial charge in [0.05, 0.1) is 0 Å². The topological polar surface area (TPSA) is 35.5 Å². The number of carbonyl (C=O) groups excluding carboxylic acids is 1. The van der Waals surface area contributed by atoms with Gasteiger partial charge in [-0.3, -0.25) is 0 Å². The summed E-state index contributed by atoms with van der Waals surface area (Å²) >= 11 is 0. The lowest BCUT2D eigenvalue weighted by Gasteiger charge is -2.19. The predicted molar refractivity (Wildman–Crippen MR) is 85.3 cm³/mol. The maximum absolute atomic E-state index is 11.6. The minimum absolute atomic E-state index is 0.387. The largest absolute Gasteiger partial charge is 0.455 e. The highest BCUT2D eigenvalue weighted by molar-refractivity contribution is 5.87. The third-order valence-corrected chi connectivity index (χ3v) is 3.11. The van der Waals surface area contributed by atoms with Crippen LogP contribution in [0.5, 0.6) is 5.75 Å². The average Bonchev–Trinajstić information content (AvgIpc) is 2.46. The molecule has 116 valence electrons. The van der Waals surface area contributed by atoms with Crippen LogP contribution in [-0.2, 0) is 16.0 Å². The fourth-order valence-electron chi connectivity index (χ4n) is 1.91. The summed E-state index contributed by atoms with van der Waals surface area (Å²) in [5.41, 5.74) is 1.67. The second-order valence-electron chi connectivity index (χ2n) is 5.27. The number of hydrogen-bond acceptors (Lipinski definition) is 3. The molecule has 0 radical (unpaired) electrons. The number of benzene rings is 1. The normalized spacial score (nSPS) is 11.8. The van der Waals surface area contributed by atoms with Gasteiger partial charge in [0.2, 0.25) is 6.29 Å². The molecule has 0 aliphatic heterocycles. The Hall–Kier alpha value is -1.77. The lowest BCUT2D eigenvalue weighted by atomic mass is 10.1. The monoisotopic (exact) mass is 290 g/mol. The first-order valence-electron chi connectivity index (χ1n) is 7.68. The quantitative estimate of drug-likeness (QED) is 0.377. The molecule has 1 aromatic carbocycles. The van der Waals surface area contributed by atoms with Crippen molar-refractivity contribution in [2.24, 2.45) is 0 Å². The first kappa shape index (κ1) is 17.3. The zero-order chi connectivity index (χ0) is 15.7. The number of rotatable bonds is 9. The van der Waals surface area contributed by atoms with E-state index >= 15 is 0 Å². The van der Waals surface area contributed by atoms with E-state index in [0.29, 0.717) is 12.0 Å². The summed E-state index contributed by atoms with van der Waals surface area (Å²) in [6.07, 6.45) is 4.29. The summed E-state index contributed by atoms with van der Waals surface area (Å²) in [4.78, 5) is 11.6. The fraction of sp³-hybridized carbons (Fsp3) is 0.500. The standard InChI is InChI=1S/C18H26O3/c1-5-7-9-17(21-18(19)14(3)4)20-16-12-10-15(8-6-2)11-13-16/h10-13,17H,3,5-9H2,1-2,4H3. The minimum Gasteiger partial charge on any atom is -0.455 e. The van der Waals surface area contributed by atoms with Crippen LogP contribution >= 0.6 is 0 Å². The van der Waals surface area contributed by atoms with Crippen molar-refractivity contribution in [3.63, 3.8) is 0 Å². The highest BCUT2D eigenvalue weighted by Gasteiger charge is 2.16.